The topological polar surface area (TPSA) is 88.3 Å². The van der Waals surface area contributed by atoms with Crippen LogP contribution in [-0.2, 0) is 0 Å². The lowest BCUT2D eigenvalue weighted by Crippen LogP contribution is -2.10. The van der Waals surface area contributed by atoms with Crippen LogP contribution >= 0.6 is 0 Å². The summed E-state index contributed by atoms with van der Waals surface area (Å²) in [5, 5.41) is 22.3. The molecule has 2 N–H and O–H groups in total. The number of aliphatic hydroxyl groups is 1. The van der Waals surface area contributed by atoms with Gasteiger partial charge in [-0.1, -0.05) is 0 Å². The van der Waals surface area contributed by atoms with Gasteiger partial charge in [-0.2, -0.15) is 0 Å². The third-order valence-electron chi connectivity index (χ3n) is 1.82. The van der Waals surface area contributed by atoms with Gasteiger partial charge in [0.2, 0.25) is 0 Å². The van der Waals surface area contributed by atoms with Gasteiger partial charge in [-0.25, -0.2) is 4.98 Å². The van der Waals surface area contributed by atoms with Crippen LogP contribution in [0.1, 0.15) is 13.3 Å². The molecule has 0 saturated heterocycles. The second-order valence-electron chi connectivity index (χ2n) is 3.22. The highest BCUT2D eigenvalue weighted by molar-refractivity contribution is 5.43. The fraction of sp³-hybridized carbons (Fsp3) is 0.444. The molecule has 6 heteroatoms. The minimum absolute atomic E-state index is 0.00421. The molecule has 0 aliphatic heterocycles. The Morgan fingerprint density at radius 2 is 2.47 bits per heavy atom. The number of nitro groups is 1. The molecule has 1 heterocycles. The van der Waals surface area contributed by atoms with E-state index in [1.165, 1.54) is 18.3 Å². The Kier molecular flexibility index (Phi) is 3.99. The highest BCUT2D eigenvalue weighted by atomic mass is 16.6. The molecule has 0 aliphatic rings. The zero-order valence-electron chi connectivity index (χ0n) is 8.38. The van der Waals surface area contributed by atoms with E-state index >= 15 is 0 Å². The number of rotatable bonds is 5. The largest absolute Gasteiger partial charge is 0.393 e. The molecule has 0 bridgehead atoms. The van der Waals surface area contributed by atoms with Crippen molar-refractivity contribution in [1.29, 1.82) is 0 Å². The molecule has 15 heavy (non-hydrogen) atoms. The lowest BCUT2D eigenvalue weighted by Gasteiger charge is -2.06. The molecule has 1 atom stereocenters. The van der Waals surface area contributed by atoms with E-state index in [9.17, 15) is 10.1 Å². The number of aliphatic hydroxyl groups excluding tert-OH is 1. The fourth-order valence-electron chi connectivity index (χ4n) is 1.04. The fourth-order valence-corrected chi connectivity index (χ4v) is 1.04. The van der Waals surface area contributed by atoms with Crippen LogP contribution in [0.2, 0.25) is 0 Å². The summed E-state index contributed by atoms with van der Waals surface area (Å²) in [7, 11) is 0. The van der Waals surface area contributed by atoms with Crippen molar-refractivity contribution in [2.24, 2.45) is 0 Å². The first-order chi connectivity index (χ1) is 7.09. The Morgan fingerprint density at radius 3 is 3.07 bits per heavy atom. The van der Waals surface area contributed by atoms with Crippen LogP contribution < -0.4 is 5.32 Å². The Hall–Kier alpha value is -1.69. The van der Waals surface area contributed by atoms with Crippen molar-refractivity contribution in [3.8, 4) is 0 Å². The van der Waals surface area contributed by atoms with Gasteiger partial charge in [-0.05, 0) is 13.3 Å². The van der Waals surface area contributed by atoms with Crippen LogP contribution in [-0.4, -0.2) is 27.7 Å². The van der Waals surface area contributed by atoms with Crippen molar-refractivity contribution in [2.45, 2.75) is 19.4 Å². The number of pyridine rings is 1. The molecule has 6 nitrogen and oxygen atoms in total. The second-order valence-corrected chi connectivity index (χ2v) is 3.22. The third-order valence-corrected chi connectivity index (χ3v) is 1.82. The van der Waals surface area contributed by atoms with Crippen molar-refractivity contribution >= 4 is 11.5 Å². The van der Waals surface area contributed by atoms with E-state index < -0.39 is 11.0 Å². The molecule has 0 amide bonds. The summed E-state index contributed by atoms with van der Waals surface area (Å²) in [4.78, 5) is 13.9. The molecule has 1 aromatic rings. The van der Waals surface area contributed by atoms with Gasteiger partial charge in [0, 0.05) is 18.8 Å². The Balaban J connectivity index is 2.54. The van der Waals surface area contributed by atoms with E-state index in [2.05, 4.69) is 10.3 Å². The van der Waals surface area contributed by atoms with Gasteiger partial charge in [0.25, 0.3) is 5.69 Å². The SMILES string of the molecule is CC(O)CCNc1cc([N+](=O)[O-])ccn1. The van der Waals surface area contributed by atoms with E-state index in [1.807, 2.05) is 0 Å². The van der Waals surface area contributed by atoms with E-state index in [-0.39, 0.29) is 5.69 Å². The monoisotopic (exact) mass is 211 g/mol. The van der Waals surface area contributed by atoms with Gasteiger partial charge >= 0.3 is 0 Å². The van der Waals surface area contributed by atoms with Crippen molar-refractivity contribution in [2.75, 3.05) is 11.9 Å². The molecule has 0 aromatic carbocycles. The average Bonchev–Trinajstić information content (AvgIpc) is 2.17. The maximum absolute atomic E-state index is 10.4. The summed E-state index contributed by atoms with van der Waals surface area (Å²) in [6, 6.07) is 2.70. The molecule has 1 aromatic heterocycles. The van der Waals surface area contributed by atoms with Crippen molar-refractivity contribution in [3.63, 3.8) is 0 Å². The quantitative estimate of drug-likeness (QED) is 0.563. The molecule has 0 radical (unpaired) electrons. The maximum atomic E-state index is 10.4. The molecular formula is C9H13N3O3. The number of hydrogen-bond donors (Lipinski definition) is 2. The lowest BCUT2D eigenvalue weighted by atomic mass is 10.3. The Morgan fingerprint density at radius 1 is 1.73 bits per heavy atom. The normalized spacial score (nSPS) is 12.1. The first-order valence-electron chi connectivity index (χ1n) is 4.62. The minimum Gasteiger partial charge on any atom is -0.393 e. The van der Waals surface area contributed by atoms with Crippen molar-refractivity contribution in [1.82, 2.24) is 4.98 Å². The van der Waals surface area contributed by atoms with Gasteiger partial charge in [-0.15, -0.1) is 0 Å². The van der Waals surface area contributed by atoms with Gasteiger partial charge < -0.3 is 10.4 Å². The minimum atomic E-state index is -0.471. The summed E-state index contributed by atoms with van der Waals surface area (Å²) >= 11 is 0. The second kappa shape index (κ2) is 5.26. The van der Waals surface area contributed by atoms with Crippen LogP contribution in [0.3, 0.4) is 0 Å². The zero-order chi connectivity index (χ0) is 11.3. The van der Waals surface area contributed by atoms with Crippen LogP contribution in [0.15, 0.2) is 18.3 Å². The Labute approximate surface area is 87.1 Å². The molecule has 0 aliphatic carbocycles. The summed E-state index contributed by atoms with van der Waals surface area (Å²) in [6.07, 6.45) is 1.56. The van der Waals surface area contributed by atoms with Gasteiger partial charge in [0.1, 0.15) is 5.82 Å². The smallest absolute Gasteiger partial charge is 0.274 e. The standard InChI is InChI=1S/C9H13N3O3/c1-7(13)2-4-10-9-6-8(12(14)15)3-5-11-9/h3,5-7,13H,2,4H2,1H3,(H,10,11). The first-order valence-corrected chi connectivity index (χ1v) is 4.62. The summed E-state index contributed by atoms with van der Waals surface area (Å²) in [5.74, 6) is 0.449. The van der Waals surface area contributed by atoms with Gasteiger partial charge in [-0.3, -0.25) is 10.1 Å². The maximum Gasteiger partial charge on any atom is 0.274 e. The average molecular weight is 211 g/mol. The van der Waals surface area contributed by atoms with Crippen LogP contribution in [0, 0.1) is 10.1 Å². The van der Waals surface area contributed by atoms with E-state index in [1.54, 1.807) is 6.92 Å². The number of nitrogens with zero attached hydrogens (tertiary/aromatic N) is 2. The Bertz CT molecular complexity index is 341. The van der Waals surface area contributed by atoms with Gasteiger partial charge in [0.15, 0.2) is 0 Å². The number of nitrogens with one attached hydrogen (secondary N) is 1. The van der Waals surface area contributed by atoms with Crippen LogP contribution in [0.4, 0.5) is 11.5 Å². The third kappa shape index (κ3) is 3.90. The number of anilines is 1. The summed E-state index contributed by atoms with van der Waals surface area (Å²) in [5.41, 5.74) is 0.00421. The number of aromatic nitrogens is 1. The first kappa shape index (κ1) is 11.4. The van der Waals surface area contributed by atoms with Crippen molar-refractivity contribution < 1.29 is 10.0 Å². The number of hydrogen-bond acceptors (Lipinski definition) is 5. The highest BCUT2D eigenvalue weighted by Gasteiger charge is 2.06. The van der Waals surface area contributed by atoms with Crippen molar-refractivity contribution in [3.05, 3.63) is 28.4 Å². The summed E-state index contributed by atoms with van der Waals surface area (Å²) in [6.45, 7) is 2.22. The molecule has 0 saturated carbocycles. The molecular weight excluding hydrogens is 198 g/mol. The summed E-state index contributed by atoms with van der Waals surface area (Å²) < 4.78 is 0. The highest BCUT2D eigenvalue weighted by Crippen LogP contribution is 2.13. The molecule has 82 valence electrons. The van der Waals surface area contributed by atoms with Crippen LogP contribution in [0.5, 0.6) is 0 Å². The predicted molar refractivity (Wildman–Crippen MR) is 55.7 cm³/mol. The molecule has 1 rings (SSSR count). The van der Waals surface area contributed by atoms with E-state index in [0.29, 0.717) is 18.8 Å². The van der Waals surface area contributed by atoms with Gasteiger partial charge in [0.05, 0.1) is 17.1 Å². The van der Waals surface area contributed by atoms with Crippen LogP contribution in [0.25, 0.3) is 0 Å². The molecule has 0 spiro atoms. The molecule has 0 fully saturated rings. The van der Waals surface area contributed by atoms with E-state index in [4.69, 9.17) is 5.11 Å². The van der Waals surface area contributed by atoms with E-state index in [0.717, 1.165) is 0 Å². The molecule has 1 unspecified atom stereocenters. The lowest BCUT2D eigenvalue weighted by molar-refractivity contribution is -0.384. The zero-order valence-corrected chi connectivity index (χ0v) is 8.38. The predicted octanol–water partition coefficient (Wildman–Crippen LogP) is 1.17.